The molecule has 1 fully saturated rings. The second-order valence-corrected chi connectivity index (χ2v) is 4.20. The summed E-state index contributed by atoms with van der Waals surface area (Å²) in [6.07, 6.45) is 17.8. The Morgan fingerprint density at radius 2 is 1.67 bits per heavy atom. The van der Waals surface area contributed by atoms with Gasteiger partial charge in [-0.2, -0.15) is 0 Å². The summed E-state index contributed by atoms with van der Waals surface area (Å²) in [7, 11) is 0. The summed E-state index contributed by atoms with van der Waals surface area (Å²) in [6, 6.07) is 0. The molecule has 1 rings (SSSR count). The fourth-order valence-corrected chi connectivity index (χ4v) is 1.88. The lowest BCUT2D eigenvalue weighted by atomic mass is 9.89. The zero-order valence-electron chi connectivity index (χ0n) is 8.86. The molecule has 0 heterocycles. The van der Waals surface area contributed by atoms with E-state index >= 15 is 0 Å². The molecule has 1 aliphatic rings. The van der Waals surface area contributed by atoms with Gasteiger partial charge in [0.2, 0.25) is 5.24 Å². The summed E-state index contributed by atoms with van der Waals surface area (Å²) in [5.74, 6) is 0.752. The van der Waals surface area contributed by atoms with E-state index in [1.807, 2.05) is 12.2 Å². The van der Waals surface area contributed by atoms with Gasteiger partial charge in [-0.3, -0.25) is 4.79 Å². The molecule has 2 heteroatoms. The van der Waals surface area contributed by atoms with Crippen molar-refractivity contribution >= 4 is 16.8 Å². The minimum Gasteiger partial charge on any atom is -0.276 e. The van der Waals surface area contributed by atoms with Crippen molar-refractivity contribution in [3.63, 3.8) is 0 Å². The molecule has 1 nitrogen and oxygen atoms in total. The molecule has 0 spiro atoms. The van der Waals surface area contributed by atoms with Crippen LogP contribution in [0.15, 0.2) is 36.5 Å². The van der Waals surface area contributed by atoms with Crippen LogP contribution in [0.1, 0.15) is 32.1 Å². The van der Waals surface area contributed by atoms with E-state index in [0.29, 0.717) is 0 Å². The molecule has 1 aliphatic carbocycles. The van der Waals surface area contributed by atoms with Crippen molar-refractivity contribution in [2.24, 2.45) is 5.92 Å². The Morgan fingerprint density at radius 3 is 2.33 bits per heavy atom. The first-order valence-corrected chi connectivity index (χ1v) is 5.88. The highest BCUT2D eigenvalue weighted by atomic mass is 35.5. The predicted molar refractivity (Wildman–Crippen MR) is 64.9 cm³/mol. The third kappa shape index (κ3) is 6.29. The number of hydrogen-bond donors (Lipinski definition) is 0. The molecule has 0 aliphatic heterocycles. The Hall–Kier alpha value is -0.820. The van der Waals surface area contributed by atoms with Crippen LogP contribution in [0, 0.1) is 5.92 Å². The first kappa shape index (κ1) is 12.3. The van der Waals surface area contributed by atoms with Crippen LogP contribution in [0.5, 0.6) is 0 Å². The smallest absolute Gasteiger partial charge is 0.245 e. The van der Waals surface area contributed by atoms with Crippen LogP contribution in [0.25, 0.3) is 0 Å². The van der Waals surface area contributed by atoms with Gasteiger partial charge in [0.15, 0.2) is 0 Å². The van der Waals surface area contributed by atoms with Gasteiger partial charge in [-0.1, -0.05) is 49.6 Å². The predicted octanol–water partition coefficient (Wildman–Crippen LogP) is 4.00. The largest absolute Gasteiger partial charge is 0.276 e. The highest BCUT2D eigenvalue weighted by molar-refractivity contribution is 6.66. The van der Waals surface area contributed by atoms with Crippen LogP contribution in [-0.2, 0) is 4.79 Å². The fourth-order valence-electron chi connectivity index (χ4n) is 1.81. The van der Waals surface area contributed by atoms with Gasteiger partial charge in [-0.05, 0) is 36.4 Å². The molecule has 82 valence electrons. The van der Waals surface area contributed by atoms with Gasteiger partial charge in [-0.15, -0.1) is 0 Å². The molecule has 0 N–H and O–H groups in total. The van der Waals surface area contributed by atoms with Crippen molar-refractivity contribution in [2.45, 2.75) is 32.1 Å². The van der Waals surface area contributed by atoms with Crippen LogP contribution in [0.4, 0.5) is 0 Å². The molecular weight excluding hydrogens is 208 g/mol. The van der Waals surface area contributed by atoms with E-state index in [1.165, 1.54) is 38.2 Å². The van der Waals surface area contributed by atoms with E-state index in [1.54, 1.807) is 6.08 Å². The quantitative estimate of drug-likeness (QED) is 0.401. The Balaban J connectivity index is 2.22. The number of carbonyl (C=O) groups excluding carboxylic acids is 1. The van der Waals surface area contributed by atoms with Gasteiger partial charge in [0.25, 0.3) is 0 Å². The number of halogens is 1. The Kier molecular flexibility index (Phi) is 6.10. The van der Waals surface area contributed by atoms with Crippen LogP contribution >= 0.6 is 11.6 Å². The van der Waals surface area contributed by atoms with Gasteiger partial charge < -0.3 is 0 Å². The Labute approximate surface area is 96.5 Å². The van der Waals surface area contributed by atoms with E-state index in [0.717, 1.165) is 5.92 Å². The number of allylic oxidation sites excluding steroid dienone is 6. The standard InChI is InChI=1S/C13H17ClO/c14-13(15)11-7-2-1-4-8-12-9-5-3-6-10-12/h1-2,4,7-8,11-12H,3,5-6,9-10H2/b2-1+,8-4+,11-7+. The topological polar surface area (TPSA) is 17.1 Å². The van der Waals surface area contributed by atoms with Crippen molar-refractivity contribution in [3.05, 3.63) is 36.5 Å². The zero-order chi connectivity index (χ0) is 10.9. The molecule has 0 unspecified atom stereocenters. The zero-order valence-corrected chi connectivity index (χ0v) is 9.62. The normalized spacial score (nSPS) is 19.5. The molecule has 0 bridgehead atoms. The minimum absolute atomic E-state index is 0.434. The van der Waals surface area contributed by atoms with Crippen molar-refractivity contribution in [2.75, 3.05) is 0 Å². The van der Waals surface area contributed by atoms with Crippen LogP contribution < -0.4 is 0 Å². The lowest BCUT2D eigenvalue weighted by Crippen LogP contribution is -2.02. The minimum atomic E-state index is -0.434. The maximum atomic E-state index is 10.4. The van der Waals surface area contributed by atoms with E-state index in [9.17, 15) is 4.79 Å². The third-order valence-corrected chi connectivity index (χ3v) is 2.72. The van der Waals surface area contributed by atoms with Crippen LogP contribution in [0.2, 0.25) is 0 Å². The van der Waals surface area contributed by atoms with Gasteiger partial charge >= 0.3 is 0 Å². The van der Waals surface area contributed by atoms with E-state index in [2.05, 4.69) is 12.2 Å². The van der Waals surface area contributed by atoms with Crippen LogP contribution in [-0.4, -0.2) is 5.24 Å². The number of rotatable bonds is 4. The molecule has 1 saturated carbocycles. The molecule has 0 radical (unpaired) electrons. The molecule has 0 atom stereocenters. The van der Waals surface area contributed by atoms with Crippen molar-refractivity contribution in [1.29, 1.82) is 0 Å². The van der Waals surface area contributed by atoms with Crippen LogP contribution in [0.3, 0.4) is 0 Å². The second-order valence-electron chi connectivity index (χ2n) is 3.83. The SMILES string of the molecule is O=C(Cl)/C=C/C=C/C=C/C1CCCCC1. The molecule has 0 saturated heterocycles. The summed E-state index contributed by atoms with van der Waals surface area (Å²) in [5, 5.41) is -0.434. The average Bonchev–Trinajstić information content (AvgIpc) is 2.24. The highest BCUT2D eigenvalue weighted by Gasteiger charge is 2.08. The summed E-state index contributed by atoms with van der Waals surface area (Å²) < 4.78 is 0. The Bertz CT molecular complexity index is 270. The van der Waals surface area contributed by atoms with Gasteiger partial charge in [0, 0.05) is 0 Å². The van der Waals surface area contributed by atoms with Crippen molar-refractivity contribution in [3.8, 4) is 0 Å². The molecule has 0 aromatic heterocycles. The maximum absolute atomic E-state index is 10.4. The van der Waals surface area contributed by atoms with Gasteiger partial charge in [0.1, 0.15) is 0 Å². The highest BCUT2D eigenvalue weighted by Crippen LogP contribution is 2.24. The second kappa shape index (κ2) is 7.47. The summed E-state index contributed by atoms with van der Waals surface area (Å²) in [5.41, 5.74) is 0. The lowest BCUT2D eigenvalue weighted by Gasteiger charge is -2.17. The van der Waals surface area contributed by atoms with Crippen molar-refractivity contribution < 1.29 is 4.79 Å². The number of hydrogen-bond acceptors (Lipinski definition) is 1. The summed E-state index contributed by atoms with van der Waals surface area (Å²) in [6.45, 7) is 0. The Morgan fingerprint density at radius 1 is 1.00 bits per heavy atom. The fraction of sp³-hybridized carbons (Fsp3) is 0.462. The summed E-state index contributed by atoms with van der Waals surface area (Å²) >= 11 is 5.13. The molecular formula is C13H17ClO. The van der Waals surface area contributed by atoms with E-state index in [-0.39, 0.29) is 0 Å². The first-order chi connectivity index (χ1) is 7.29. The molecule has 15 heavy (non-hydrogen) atoms. The molecule has 0 aromatic rings. The molecule has 0 aromatic carbocycles. The lowest BCUT2D eigenvalue weighted by molar-refractivity contribution is -0.107. The van der Waals surface area contributed by atoms with Crippen molar-refractivity contribution in [1.82, 2.24) is 0 Å². The van der Waals surface area contributed by atoms with Gasteiger partial charge in [0.05, 0.1) is 0 Å². The number of carbonyl (C=O) groups is 1. The maximum Gasteiger partial charge on any atom is 0.245 e. The van der Waals surface area contributed by atoms with E-state index in [4.69, 9.17) is 11.6 Å². The average molecular weight is 225 g/mol. The molecule has 0 amide bonds. The summed E-state index contributed by atoms with van der Waals surface area (Å²) in [4.78, 5) is 10.4. The van der Waals surface area contributed by atoms with Gasteiger partial charge in [-0.25, -0.2) is 0 Å². The third-order valence-electron chi connectivity index (χ3n) is 2.59. The monoisotopic (exact) mass is 224 g/mol. The first-order valence-electron chi connectivity index (χ1n) is 5.50. The van der Waals surface area contributed by atoms with E-state index < -0.39 is 5.24 Å².